The third-order valence-corrected chi connectivity index (χ3v) is 9.58. The summed E-state index contributed by atoms with van der Waals surface area (Å²) in [6.45, 7) is 16.3. The smallest absolute Gasteiger partial charge is 0.407 e. The first-order valence-corrected chi connectivity index (χ1v) is 10.6. The van der Waals surface area contributed by atoms with Crippen molar-refractivity contribution in [2.45, 2.75) is 97.6 Å². The van der Waals surface area contributed by atoms with Crippen LogP contribution in [-0.4, -0.2) is 37.4 Å². The molecule has 4 aliphatic carbocycles. The highest BCUT2D eigenvalue weighted by Gasteiger charge is 2.71. The Kier molecular flexibility index (Phi) is 3.55. The predicted molar refractivity (Wildman–Crippen MR) is 102 cm³/mol. The lowest BCUT2D eigenvalue weighted by molar-refractivity contribution is -0.199. The van der Waals surface area contributed by atoms with Crippen molar-refractivity contribution in [3.05, 3.63) is 0 Å². The molecule has 0 N–H and O–H groups in total. The first kappa shape index (κ1) is 18.0. The van der Waals surface area contributed by atoms with Crippen LogP contribution in [-0.2, 0) is 18.6 Å². The first-order chi connectivity index (χ1) is 12.0. The summed E-state index contributed by atoms with van der Waals surface area (Å²) in [7, 11) is -0.790. The van der Waals surface area contributed by atoms with Crippen molar-refractivity contribution in [1.29, 1.82) is 0 Å². The van der Waals surface area contributed by atoms with Crippen LogP contribution < -0.4 is 0 Å². The fourth-order valence-corrected chi connectivity index (χ4v) is 7.02. The monoisotopic (exact) mass is 360 g/mol. The van der Waals surface area contributed by atoms with Crippen LogP contribution in [0.25, 0.3) is 0 Å². The van der Waals surface area contributed by atoms with Crippen molar-refractivity contribution >= 4 is 14.0 Å². The molecule has 6 heteroatoms. The Labute approximate surface area is 159 Å². The highest BCUT2D eigenvalue weighted by molar-refractivity contribution is 7.11. The highest BCUT2D eigenvalue weighted by Crippen LogP contribution is 2.66. The molecule has 4 nitrogen and oxygen atoms in total. The molecule has 0 aromatic rings. The summed E-state index contributed by atoms with van der Waals surface area (Å²) in [4.78, 5) is 0. The zero-order valence-electron chi connectivity index (χ0n) is 17.5. The van der Waals surface area contributed by atoms with Gasteiger partial charge in [-0.15, -0.1) is 0 Å². The van der Waals surface area contributed by atoms with Gasteiger partial charge in [-0.05, 0) is 68.1 Å². The van der Waals surface area contributed by atoms with Gasteiger partial charge >= 0.3 is 14.0 Å². The van der Waals surface area contributed by atoms with Crippen molar-refractivity contribution in [3.63, 3.8) is 0 Å². The van der Waals surface area contributed by atoms with Gasteiger partial charge < -0.3 is 18.6 Å². The molecule has 4 saturated carbocycles. The summed E-state index contributed by atoms with van der Waals surface area (Å²) in [5.74, 6) is 1.77. The van der Waals surface area contributed by atoms with E-state index in [1.165, 1.54) is 12.8 Å². The molecule has 6 aliphatic rings. The minimum atomic E-state index is -0.399. The molecule has 2 bridgehead atoms. The van der Waals surface area contributed by atoms with Crippen molar-refractivity contribution in [1.82, 2.24) is 0 Å². The molecular weight excluding hydrogens is 326 g/mol. The van der Waals surface area contributed by atoms with Crippen LogP contribution in [0, 0.1) is 28.6 Å². The van der Waals surface area contributed by atoms with Gasteiger partial charge in [0.15, 0.2) is 0 Å². The first-order valence-electron chi connectivity index (χ1n) is 10.6. The maximum absolute atomic E-state index is 6.59. The molecule has 0 amide bonds. The number of fused-ring (bicyclic) bond motifs is 1. The lowest BCUT2D eigenvalue weighted by Crippen LogP contribution is -2.65. The fraction of sp³-hybridized carbons (Fsp3) is 1.00. The highest BCUT2D eigenvalue weighted by atomic mass is 16.7. The van der Waals surface area contributed by atoms with E-state index in [-0.39, 0.29) is 28.8 Å². The Bertz CT molecular complexity index is 593. The van der Waals surface area contributed by atoms with E-state index in [4.69, 9.17) is 18.6 Å². The second-order valence-electron chi connectivity index (χ2n) is 11.4. The number of rotatable bonds is 1. The molecule has 7 atom stereocenters. The van der Waals surface area contributed by atoms with E-state index in [2.05, 4.69) is 48.5 Å². The normalized spacial score (nSPS) is 53.9. The van der Waals surface area contributed by atoms with E-state index in [1.54, 1.807) is 0 Å². The summed E-state index contributed by atoms with van der Waals surface area (Å²) in [6.07, 6.45) is 4.93. The van der Waals surface area contributed by atoms with Crippen LogP contribution in [0.4, 0.5) is 0 Å². The average molecular weight is 360 g/mol. The molecule has 7 unspecified atom stereocenters. The van der Waals surface area contributed by atoms with Crippen LogP contribution >= 0.6 is 0 Å². The summed E-state index contributed by atoms with van der Waals surface area (Å²) >= 11 is 0. The summed E-state index contributed by atoms with van der Waals surface area (Å²) in [6, 6.07) is 0. The molecule has 144 valence electrons. The predicted octanol–water partition coefficient (Wildman–Crippen LogP) is 3.91. The van der Waals surface area contributed by atoms with Crippen LogP contribution in [0.3, 0.4) is 0 Å². The van der Waals surface area contributed by atoms with E-state index in [0.29, 0.717) is 17.3 Å². The Morgan fingerprint density at radius 1 is 0.808 bits per heavy atom. The van der Waals surface area contributed by atoms with Gasteiger partial charge in [-0.3, -0.25) is 0 Å². The lowest BCUT2D eigenvalue weighted by atomic mass is 9.43. The van der Waals surface area contributed by atoms with E-state index in [1.807, 2.05) is 0 Å². The Hall–Kier alpha value is -0.0301. The standard InChI is InChI=1S/C20H34B2O4/c1-12-17(2,3)9-8-15-19(12,6)25-21(23-15)22-24-16-11-13-10-14(18(13,4)5)20(16,7)26-22/h12-16H,8-11H2,1-7H3. The molecule has 26 heavy (non-hydrogen) atoms. The average Bonchev–Trinajstić information content (AvgIpc) is 3.08. The Balaban J connectivity index is 1.36. The summed E-state index contributed by atoms with van der Waals surface area (Å²) in [5.41, 5.74) is 0.176. The minimum Gasteiger partial charge on any atom is -0.407 e. The SMILES string of the molecule is CC1C(C)(C)CCC2OB(B3OC4CC5CC(C5(C)C)C4(C)O3)OC21C. The van der Waals surface area contributed by atoms with Crippen molar-refractivity contribution in [2.24, 2.45) is 28.6 Å². The summed E-state index contributed by atoms with van der Waals surface area (Å²) < 4.78 is 26.0. The van der Waals surface area contributed by atoms with Crippen LogP contribution in [0.5, 0.6) is 0 Å². The fourth-order valence-electron chi connectivity index (χ4n) is 7.02. The molecule has 2 saturated heterocycles. The third kappa shape index (κ3) is 2.08. The van der Waals surface area contributed by atoms with Crippen LogP contribution in [0.15, 0.2) is 0 Å². The lowest BCUT2D eigenvalue weighted by Gasteiger charge is -2.64. The topological polar surface area (TPSA) is 36.9 Å². The largest absolute Gasteiger partial charge is 0.488 e. The van der Waals surface area contributed by atoms with Crippen molar-refractivity contribution in [2.75, 3.05) is 0 Å². The third-order valence-electron chi connectivity index (χ3n) is 9.58. The van der Waals surface area contributed by atoms with E-state index in [0.717, 1.165) is 18.8 Å². The molecule has 6 fully saturated rings. The van der Waals surface area contributed by atoms with Gasteiger partial charge in [0.2, 0.25) is 0 Å². The van der Waals surface area contributed by atoms with Gasteiger partial charge in [-0.25, -0.2) is 0 Å². The van der Waals surface area contributed by atoms with Crippen LogP contribution in [0.1, 0.15) is 74.1 Å². The molecule has 6 rings (SSSR count). The quantitative estimate of drug-likeness (QED) is 0.665. The zero-order chi connectivity index (χ0) is 18.7. The Morgan fingerprint density at radius 2 is 1.42 bits per heavy atom. The van der Waals surface area contributed by atoms with E-state index in [9.17, 15) is 0 Å². The van der Waals surface area contributed by atoms with Crippen molar-refractivity contribution < 1.29 is 18.6 Å². The maximum Gasteiger partial charge on any atom is 0.488 e. The van der Waals surface area contributed by atoms with Gasteiger partial charge in [-0.2, -0.15) is 0 Å². The maximum atomic E-state index is 6.59. The molecular formula is C20H34B2O4. The van der Waals surface area contributed by atoms with Gasteiger partial charge in [0, 0.05) is 0 Å². The van der Waals surface area contributed by atoms with Gasteiger partial charge in [-0.1, -0.05) is 34.6 Å². The molecule has 2 heterocycles. The van der Waals surface area contributed by atoms with Gasteiger partial charge in [0.25, 0.3) is 0 Å². The number of hydrogen-bond acceptors (Lipinski definition) is 4. The zero-order valence-corrected chi connectivity index (χ0v) is 17.5. The minimum absolute atomic E-state index is 0.142. The molecule has 0 aromatic carbocycles. The van der Waals surface area contributed by atoms with Crippen LogP contribution in [0.2, 0.25) is 0 Å². The van der Waals surface area contributed by atoms with Gasteiger partial charge in [0.05, 0.1) is 23.4 Å². The molecule has 2 aliphatic heterocycles. The second kappa shape index (κ2) is 5.11. The number of hydrogen-bond donors (Lipinski definition) is 0. The van der Waals surface area contributed by atoms with E-state index < -0.39 is 14.0 Å². The van der Waals surface area contributed by atoms with Gasteiger partial charge in [0.1, 0.15) is 0 Å². The molecule has 0 aromatic heterocycles. The van der Waals surface area contributed by atoms with E-state index >= 15 is 0 Å². The second-order valence-corrected chi connectivity index (χ2v) is 11.4. The molecule has 0 spiro atoms. The summed E-state index contributed by atoms with van der Waals surface area (Å²) in [5, 5.41) is 0. The molecule has 0 radical (unpaired) electrons. The van der Waals surface area contributed by atoms with Crippen molar-refractivity contribution in [3.8, 4) is 0 Å². The Morgan fingerprint density at radius 3 is 2.08 bits per heavy atom.